The Morgan fingerprint density at radius 1 is 0.882 bits per heavy atom. The molecule has 0 aromatic rings. The summed E-state index contributed by atoms with van der Waals surface area (Å²) in [4.78, 5) is 26.4. The molecule has 0 aromatic heterocycles. The van der Waals surface area contributed by atoms with Gasteiger partial charge in [0.05, 0.1) is 0 Å². The third-order valence-corrected chi connectivity index (χ3v) is 1.01. The minimum atomic E-state index is -0.988. The largest absolute Gasteiger partial charge is 0.533 e. The van der Waals surface area contributed by atoms with Gasteiger partial charge in [0.2, 0.25) is 0 Å². The van der Waals surface area contributed by atoms with Crippen molar-refractivity contribution >= 4 is 24.7 Å². The fourth-order valence-corrected chi connectivity index (χ4v) is 0.653. The zero-order chi connectivity index (χ0) is 13.0. The summed E-state index contributed by atoms with van der Waals surface area (Å²) in [6.07, 6.45) is -1.84. The lowest BCUT2D eigenvalue weighted by Gasteiger charge is -2.20. The summed E-state index contributed by atoms with van der Waals surface area (Å²) >= 11 is 0. The average molecular weight is 270 g/mol. The van der Waals surface area contributed by atoms with E-state index in [2.05, 4.69) is 4.84 Å². The Morgan fingerprint density at radius 3 is 1.65 bits per heavy atom. The molecule has 0 unspecified atom stereocenters. The molecule has 0 saturated heterocycles. The Bertz CT molecular complexity index is 239. The third-order valence-electron chi connectivity index (χ3n) is 1.01. The van der Waals surface area contributed by atoms with Crippen LogP contribution in [0.2, 0.25) is 0 Å². The van der Waals surface area contributed by atoms with Crippen molar-refractivity contribution in [2.75, 3.05) is 0 Å². The van der Waals surface area contributed by atoms with Crippen molar-refractivity contribution in [3.05, 3.63) is 0 Å². The van der Waals surface area contributed by atoms with Gasteiger partial charge in [-0.05, 0) is 41.5 Å². The molecule has 0 bridgehead atoms. The summed E-state index contributed by atoms with van der Waals surface area (Å²) in [7, 11) is 0. The van der Waals surface area contributed by atoms with Crippen LogP contribution in [0.3, 0.4) is 0 Å². The number of hydrogen-bond donors (Lipinski definition) is 1. The molecule has 0 fully saturated rings. The van der Waals surface area contributed by atoms with Crippen LogP contribution >= 0.6 is 12.4 Å². The van der Waals surface area contributed by atoms with Crippen molar-refractivity contribution in [1.29, 1.82) is 0 Å². The molecule has 0 radical (unpaired) electrons. The maximum Gasteiger partial charge on any atom is 0.533 e. The van der Waals surface area contributed by atoms with Crippen LogP contribution < -0.4 is 5.48 Å². The molecule has 0 aromatic carbocycles. The standard InChI is InChI=1S/C10H19NO5.ClH/c1-9(2,3)14-7(12)11-16-8(13)15-10(4,5)6;/h1-6H3,(H,11,12);1H. The van der Waals surface area contributed by atoms with E-state index in [0.29, 0.717) is 0 Å². The monoisotopic (exact) mass is 269 g/mol. The first-order chi connectivity index (χ1) is 6.99. The molecule has 0 atom stereocenters. The van der Waals surface area contributed by atoms with Crippen LogP contribution in [-0.4, -0.2) is 23.5 Å². The first kappa shape index (κ1) is 18.2. The molecule has 0 heterocycles. The molecule has 0 rings (SSSR count). The topological polar surface area (TPSA) is 73.9 Å². The second-order valence-corrected chi connectivity index (χ2v) is 5.17. The molecule has 1 amide bonds. The van der Waals surface area contributed by atoms with E-state index in [4.69, 9.17) is 9.47 Å². The maximum absolute atomic E-state index is 11.1. The van der Waals surface area contributed by atoms with Crippen LogP contribution in [0.15, 0.2) is 0 Å². The molecule has 17 heavy (non-hydrogen) atoms. The third kappa shape index (κ3) is 12.8. The predicted octanol–water partition coefficient (Wildman–Crippen LogP) is 2.80. The summed E-state index contributed by atoms with van der Waals surface area (Å²) in [5.74, 6) is 0. The molecular weight excluding hydrogens is 250 g/mol. The predicted molar refractivity (Wildman–Crippen MR) is 63.9 cm³/mol. The molecule has 6 nitrogen and oxygen atoms in total. The van der Waals surface area contributed by atoms with Crippen LogP contribution in [-0.2, 0) is 14.3 Å². The van der Waals surface area contributed by atoms with Gasteiger partial charge in [-0.3, -0.25) is 0 Å². The van der Waals surface area contributed by atoms with E-state index >= 15 is 0 Å². The maximum atomic E-state index is 11.1. The van der Waals surface area contributed by atoms with Crippen LogP contribution in [0.4, 0.5) is 9.59 Å². The van der Waals surface area contributed by atoms with Gasteiger partial charge in [0.25, 0.3) is 0 Å². The number of hydroxylamine groups is 1. The number of carbonyl (C=O) groups is 2. The average Bonchev–Trinajstić information content (AvgIpc) is 1.94. The Hall–Kier alpha value is -1.17. The van der Waals surface area contributed by atoms with Gasteiger partial charge in [-0.1, -0.05) is 0 Å². The fourth-order valence-electron chi connectivity index (χ4n) is 0.653. The van der Waals surface area contributed by atoms with Crippen molar-refractivity contribution in [3.63, 3.8) is 0 Å². The summed E-state index contributed by atoms with van der Waals surface area (Å²) < 4.78 is 9.62. The van der Waals surface area contributed by atoms with Gasteiger partial charge in [-0.2, -0.15) is 0 Å². The van der Waals surface area contributed by atoms with E-state index < -0.39 is 23.5 Å². The SMILES string of the molecule is CC(C)(C)OC(=O)NOC(=O)OC(C)(C)C.Cl. The number of nitrogens with one attached hydrogen (secondary N) is 1. The number of hydrogen-bond acceptors (Lipinski definition) is 5. The molecule has 0 aliphatic carbocycles. The molecule has 0 aliphatic heterocycles. The Morgan fingerprint density at radius 2 is 1.29 bits per heavy atom. The highest BCUT2D eigenvalue weighted by Gasteiger charge is 2.20. The van der Waals surface area contributed by atoms with Crippen molar-refractivity contribution < 1.29 is 23.9 Å². The zero-order valence-electron chi connectivity index (χ0n) is 10.9. The molecule has 7 heteroatoms. The van der Waals surface area contributed by atoms with E-state index in [0.717, 1.165) is 0 Å². The second kappa shape index (κ2) is 6.54. The summed E-state index contributed by atoms with van der Waals surface area (Å²) in [6.45, 7) is 10.1. The first-order valence-corrected chi connectivity index (χ1v) is 4.88. The minimum absolute atomic E-state index is 0. The summed E-state index contributed by atoms with van der Waals surface area (Å²) in [6, 6.07) is 0. The van der Waals surface area contributed by atoms with Crippen molar-refractivity contribution in [3.8, 4) is 0 Å². The lowest BCUT2D eigenvalue weighted by Crippen LogP contribution is -2.35. The van der Waals surface area contributed by atoms with Crippen LogP contribution in [0.5, 0.6) is 0 Å². The molecular formula is C10H20ClNO5. The number of amides is 1. The van der Waals surface area contributed by atoms with Gasteiger partial charge in [0.1, 0.15) is 11.2 Å². The number of halogens is 1. The highest BCUT2D eigenvalue weighted by Crippen LogP contribution is 2.08. The quantitative estimate of drug-likeness (QED) is 0.541. The number of carbonyl (C=O) groups excluding carboxylic acids is 2. The van der Waals surface area contributed by atoms with Crippen LogP contribution in [0, 0.1) is 0 Å². The lowest BCUT2D eigenvalue weighted by molar-refractivity contribution is -0.0404. The minimum Gasteiger partial charge on any atom is -0.442 e. The van der Waals surface area contributed by atoms with E-state index in [1.54, 1.807) is 41.5 Å². The number of rotatable bonds is 0. The fraction of sp³-hybridized carbons (Fsp3) is 0.800. The highest BCUT2D eigenvalue weighted by molar-refractivity contribution is 5.85. The van der Waals surface area contributed by atoms with Crippen LogP contribution in [0.25, 0.3) is 0 Å². The highest BCUT2D eigenvalue weighted by atomic mass is 35.5. The second-order valence-electron chi connectivity index (χ2n) is 5.17. The first-order valence-electron chi connectivity index (χ1n) is 4.88. The summed E-state index contributed by atoms with van der Waals surface area (Å²) in [5.41, 5.74) is 0.501. The van der Waals surface area contributed by atoms with Gasteiger partial charge in [-0.25, -0.2) is 9.59 Å². The van der Waals surface area contributed by atoms with Gasteiger partial charge in [0, 0.05) is 0 Å². The summed E-state index contributed by atoms with van der Waals surface area (Å²) in [5, 5.41) is 0. The smallest absolute Gasteiger partial charge is 0.442 e. The molecule has 102 valence electrons. The van der Waals surface area contributed by atoms with Gasteiger partial charge < -0.3 is 14.3 Å². The Labute approximate surface area is 107 Å². The van der Waals surface area contributed by atoms with Crippen molar-refractivity contribution in [2.45, 2.75) is 52.7 Å². The Balaban J connectivity index is 0. The van der Waals surface area contributed by atoms with Gasteiger partial charge >= 0.3 is 12.2 Å². The van der Waals surface area contributed by atoms with Gasteiger partial charge in [0.15, 0.2) is 0 Å². The number of ether oxygens (including phenoxy) is 2. The van der Waals surface area contributed by atoms with E-state index in [1.165, 1.54) is 0 Å². The lowest BCUT2D eigenvalue weighted by atomic mass is 10.2. The molecule has 0 spiro atoms. The van der Waals surface area contributed by atoms with Crippen LogP contribution in [0.1, 0.15) is 41.5 Å². The van der Waals surface area contributed by atoms with Crippen molar-refractivity contribution in [2.24, 2.45) is 0 Å². The molecule has 1 N–H and O–H groups in total. The van der Waals surface area contributed by atoms with E-state index in [-0.39, 0.29) is 12.4 Å². The van der Waals surface area contributed by atoms with Crippen molar-refractivity contribution in [1.82, 2.24) is 5.48 Å². The molecule has 0 aliphatic rings. The van der Waals surface area contributed by atoms with E-state index in [9.17, 15) is 9.59 Å². The van der Waals surface area contributed by atoms with E-state index in [1.807, 2.05) is 5.48 Å². The Kier molecular flexibility index (Phi) is 7.00. The zero-order valence-corrected chi connectivity index (χ0v) is 11.8. The van der Waals surface area contributed by atoms with Gasteiger partial charge in [-0.15, -0.1) is 17.9 Å². The normalized spacial score (nSPS) is 10.9. The molecule has 0 saturated carbocycles.